The van der Waals surface area contributed by atoms with Gasteiger partial charge in [0.25, 0.3) is 0 Å². The van der Waals surface area contributed by atoms with Gasteiger partial charge in [-0.25, -0.2) is 9.37 Å². The van der Waals surface area contributed by atoms with E-state index in [1.165, 1.54) is 16.7 Å². The first-order chi connectivity index (χ1) is 6.58. The largest absolute Gasteiger partial charge is 0.388 e. The van der Waals surface area contributed by atoms with E-state index in [0.717, 1.165) is 0 Å². The van der Waals surface area contributed by atoms with Gasteiger partial charge in [-0.15, -0.1) is 0 Å². The van der Waals surface area contributed by atoms with Crippen LogP contribution in [0.1, 0.15) is 5.69 Å². The molecule has 0 aliphatic heterocycles. The molecule has 0 fully saturated rings. The van der Waals surface area contributed by atoms with Gasteiger partial charge in [-0.05, 0) is 22.0 Å². The van der Waals surface area contributed by atoms with Gasteiger partial charge in [0.05, 0.1) is 4.47 Å². The standard InChI is InChI=1S/C8H5BrFN3S/c9-5-1-4(10)2-13-3-6(7(11)14)12-8(5)13/h1-3H,(H2,11,14). The zero-order valence-corrected chi connectivity index (χ0v) is 9.27. The Kier molecular flexibility index (Phi) is 2.24. The van der Waals surface area contributed by atoms with Gasteiger partial charge >= 0.3 is 0 Å². The Morgan fingerprint density at radius 2 is 2.29 bits per heavy atom. The Labute approximate surface area is 92.9 Å². The monoisotopic (exact) mass is 273 g/mol. The number of aromatic nitrogens is 2. The number of thiocarbonyl (C=S) groups is 1. The number of halogens is 2. The van der Waals surface area contributed by atoms with E-state index in [9.17, 15) is 4.39 Å². The van der Waals surface area contributed by atoms with Crippen molar-refractivity contribution in [3.63, 3.8) is 0 Å². The lowest BCUT2D eigenvalue weighted by atomic mass is 10.4. The summed E-state index contributed by atoms with van der Waals surface area (Å²) in [5.41, 5.74) is 6.48. The van der Waals surface area contributed by atoms with Gasteiger partial charge in [0, 0.05) is 12.4 Å². The molecule has 0 aliphatic carbocycles. The van der Waals surface area contributed by atoms with E-state index in [4.69, 9.17) is 18.0 Å². The summed E-state index contributed by atoms with van der Waals surface area (Å²) >= 11 is 7.97. The van der Waals surface area contributed by atoms with Crippen LogP contribution < -0.4 is 5.73 Å². The fraction of sp³-hybridized carbons (Fsp3) is 0. The van der Waals surface area contributed by atoms with Crippen LogP contribution in [0, 0.1) is 5.82 Å². The molecule has 0 aromatic carbocycles. The number of fused-ring (bicyclic) bond motifs is 1. The lowest BCUT2D eigenvalue weighted by molar-refractivity contribution is 0.618. The molecule has 0 saturated carbocycles. The molecule has 0 amide bonds. The maximum absolute atomic E-state index is 13.0. The first-order valence-electron chi connectivity index (χ1n) is 3.71. The maximum atomic E-state index is 13.0. The molecule has 6 heteroatoms. The van der Waals surface area contributed by atoms with Crippen LogP contribution in [0.25, 0.3) is 5.65 Å². The molecule has 2 N–H and O–H groups in total. The highest BCUT2D eigenvalue weighted by Crippen LogP contribution is 2.18. The van der Waals surface area contributed by atoms with E-state index >= 15 is 0 Å². The highest BCUT2D eigenvalue weighted by molar-refractivity contribution is 9.10. The van der Waals surface area contributed by atoms with Crippen molar-refractivity contribution in [3.8, 4) is 0 Å². The fourth-order valence-electron chi connectivity index (χ4n) is 1.14. The van der Waals surface area contributed by atoms with E-state index < -0.39 is 0 Å². The molecular formula is C8H5BrFN3S. The average Bonchev–Trinajstić information content (AvgIpc) is 2.47. The Hall–Kier alpha value is -1.01. The third kappa shape index (κ3) is 1.51. The van der Waals surface area contributed by atoms with Crippen molar-refractivity contribution in [3.05, 3.63) is 34.4 Å². The highest BCUT2D eigenvalue weighted by atomic mass is 79.9. The van der Waals surface area contributed by atoms with E-state index in [-0.39, 0.29) is 10.8 Å². The summed E-state index contributed by atoms with van der Waals surface area (Å²) < 4.78 is 15.1. The molecule has 0 atom stereocenters. The summed E-state index contributed by atoms with van der Waals surface area (Å²) in [7, 11) is 0. The van der Waals surface area contributed by atoms with Gasteiger partial charge in [-0.2, -0.15) is 0 Å². The van der Waals surface area contributed by atoms with Crippen LogP contribution in [0.2, 0.25) is 0 Å². The topological polar surface area (TPSA) is 43.3 Å². The first kappa shape index (κ1) is 9.54. The minimum absolute atomic E-state index is 0.195. The lowest BCUT2D eigenvalue weighted by Gasteiger charge is -1.95. The summed E-state index contributed by atoms with van der Waals surface area (Å²) in [6.07, 6.45) is 2.90. The second kappa shape index (κ2) is 3.29. The van der Waals surface area contributed by atoms with Crippen molar-refractivity contribution in [1.82, 2.24) is 9.38 Å². The van der Waals surface area contributed by atoms with Crippen LogP contribution in [0.4, 0.5) is 4.39 Å². The first-order valence-corrected chi connectivity index (χ1v) is 4.91. The molecule has 14 heavy (non-hydrogen) atoms. The summed E-state index contributed by atoms with van der Waals surface area (Å²) in [5.74, 6) is -0.351. The highest BCUT2D eigenvalue weighted by Gasteiger charge is 2.07. The molecule has 0 aliphatic rings. The maximum Gasteiger partial charge on any atom is 0.152 e. The van der Waals surface area contributed by atoms with Crippen LogP contribution in [0.3, 0.4) is 0 Å². The Morgan fingerprint density at radius 3 is 2.93 bits per heavy atom. The Bertz CT molecular complexity index is 523. The molecule has 72 valence electrons. The van der Waals surface area contributed by atoms with Gasteiger partial charge in [-0.3, -0.25) is 0 Å². The van der Waals surface area contributed by atoms with Crippen molar-refractivity contribution in [2.75, 3.05) is 0 Å². The van der Waals surface area contributed by atoms with Crippen LogP contribution in [0.5, 0.6) is 0 Å². The van der Waals surface area contributed by atoms with E-state index in [1.807, 2.05) is 0 Å². The van der Waals surface area contributed by atoms with Gasteiger partial charge in [0.2, 0.25) is 0 Å². The number of imidazole rings is 1. The van der Waals surface area contributed by atoms with Crippen molar-refractivity contribution in [2.45, 2.75) is 0 Å². The molecule has 0 radical (unpaired) electrons. The predicted molar refractivity (Wildman–Crippen MR) is 58.7 cm³/mol. The van der Waals surface area contributed by atoms with Gasteiger partial charge in [0.15, 0.2) is 5.65 Å². The van der Waals surface area contributed by atoms with E-state index in [2.05, 4.69) is 20.9 Å². The molecule has 2 aromatic rings. The zero-order valence-electron chi connectivity index (χ0n) is 6.87. The fourth-order valence-corrected chi connectivity index (χ4v) is 1.75. The van der Waals surface area contributed by atoms with Gasteiger partial charge in [-0.1, -0.05) is 12.2 Å². The number of pyridine rings is 1. The van der Waals surface area contributed by atoms with Crippen molar-refractivity contribution >= 4 is 38.8 Å². The summed E-state index contributed by atoms with van der Waals surface area (Å²) in [5, 5.41) is 0. The molecule has 2 heterocycles. The van der Waals surface area contributed by atoms with Crippen molar-refractivity contribution < 1.29 is 4.39 Å². The summed E-state index contributed by atoms with van der Waals surface area (Å²) in [6.45, 7) is 0. The molecule has 0 bridgehead atoms. The van der Waals surface area contributed by atoms with Crippen LogP contribution in [0.15, 0.2) is 22.9 Å². The molecule has 0 unspecified atom stereocenters. The smallest absolute Gasteiger partial charge is 0.152 e. The van der Waals surface area contributed by atoms with Crippen LogP contribution in [-0.4, -0.2) is 14.4 Å². The SMILES string of the molecule is NC(=S)c1cn2cc(F)cc(Br)c2n1. The lowest BCUT2D eigenvalue weighted by Crippen LogP contribution is -2.09. The van der Waals surface area contributed by atoms with E-state index in [1.54, 1.807) is 6.20 Å². The minimum atomic E-state index is -0.351. The van der Waals surface area contributed by atoms with E-state index in [0.29, 0.717) is 15.8 Å². The summed E-state index contributed by atoms with van der Waals surface area (Å²) in [6, 6.07) is 1.34. The molecule has 2 rings (SSSR count). The number of hydrogen-bond acceptors (Lipinski definition) is 2. The normalized spacial score (nSPS) is 10.7. The third-order valence-corrected chi connectivity index (χ3v) is 2.52. The number of hydrogen-bond donors (Lipinski definition) is 1. The van der Waals surface area contributed by atoms with Crippen LogP contribution in [-0.2, 0) is 0 Å². The van der Waals surface area contributed by atoms with Crippen molar-refractivity contribution in [1.29, 1.82) is 0 Å². The second-order valence-corrected chi connectivity index (χ2v) is 4.02. The Morgan fingerprint density at radius 1 is 1.57 bits per heavy atom. The van der Waals surface area contributed by atoms with Crippen molar-refractivity contribution in [2.24, 2.45) is 5.73 Å². The van der Waals surface area contributed by atoms with Gasteiger partial charge in [0.1, 0.15) is 16.5 Å². The number of rotatable bonds is 1. The second-order valence-electron chi connectivity index (χ2n) is 2.73. The molecule has 3 nitrogen and oxygen atoms in total. The third-order valence-electron chi connectivity index (χ3n) is 1.73. The zero-order chi connectivity index (χ0) is 10.3. The minimum Gasteiger partial charge on any atom is -0.388 e. The quantitative estimate of drug-likeness (QED) is 0.807. The average molecular weight is 274 g/mol. The molecule has 2 aromatic heterocycles. The number of nitrogens with two attached hydrogens (primary N) is 1. The molecule has 0 saturated heterocycles. The number of nitrogens with zero attached hydrogens (tertiary/aromatic N) is 2. The molecule has 0 spiro atoms. The summed E-state index contributed by atoms with van der Waals surface area (Å²) in [4.78, 5) is 4.33. The molecular weight excluding hydrogens is 269 g/mol. The predicted octanol–water partition coefficient (Wildman–Crippen LogP) is 1.87. The van der Waals surface area contributed by atoms with Crippen LogP contribution >= 0.6 is 28.1 Å². The Balaban J connectivity index is 2.76. The van der Waals surface area contributed by atoms with Gasteiger partial charge < -0.3 is 10.1 Å².